The van der Waals surface area contributed by atoms with Gasteiger partial charge in [0.05, 0.1) is 11.2 Å². The Labute approximate surface area is 180 Å². The highest BCUT2D eigenvalue weighted by Gasteiger charge is 2.20. The van der Waals surface area contributed by atoms with E-state index in [4.69, 9.17) is 4.74 Å². The second-order valence-electron chi connectivity index (χ2n) is 7.39. The van der Waals surface area contributed by atoms with Crippen molar-refractivity contribution in [1.29, 1.82) is 0 Å². The first kappa shape index (κ1) is 19.7. The molecule has 0 atom stereocenters. The highest BCUT2D eigenvalue weighted by atomic mass is 79.9. The first-order valence-electron chi connectivity index (χ1n) is 9.82. The van der Waals surface area contributed by atoms with Crippen LogP contribution in [0.25, 0.3) is 22.2 Å². The maximum atomic E-state index is 6.39. The lowest BCUT2D eigenvalue weighted by atomic mass is 10.1. The van der Waals surface area contributed by atoms with Crippen LogP contribution in [0.4, 0.5) is 0 Å². The summed E-state index contributed by atoms with van der Waals surface area (Å²) in [5, 5.41) is 1.15. The molecule has 148 valence electrons. The zero-order valence-corrected chi connectivity index (χ0v) is 18.4. The zero-order chi connectivity index (χ0) is 20.2. The fraction of sp³-hybridized carbons (Fsp3) is 0.200. The lowest BCUT2D eigenvalue weighted by molar-refractivity contribution is 0.264. The van der Waals surface area contributed by atoms with Gasteiger partial charge in [0, 0.05) is 28.5 Å². The molecule has 0 N–H and O–H groups in total. The molecule has 29 heavy (non-hydrogen) atoms. The second-order valence-corrected chi connectivity index (χ2v) is 8.24. The third-order valence-corrected chi connectivity index (χ3v) is 5.82. The van der Waals surface area contributed by atoms with Gasteiger partial charge < -0.3 is 14.2 Å². The quantitative estimate of drug-likeness (QED) is 0.341. The molecular weight excluding hydrogens is 424 g/mol. The van der Waals surface area contributed by atoms with Gasteiger partial charge in [0.1, 0.15) is 6.61 Å². The monoisotopic (exact) mass is 448 g/mol. The predicted octanol–water partition coefficient (Wildman–Crippen LogP) is 6.06. The van der Waals surface area contributed by atoms with E-state index in [1.54, 1.807) is 0 Å². The zero-order valence-electron chi connectivity index (χ0n) is 16.8. The van der Waals surface area contributed by atoms with E-state index < -0.39 is 0 Å². The number of fused-ring (bicyclic) bond motifs is 1. The minimum Gasteiger partial charge on any atom is -0.489 e. The largest absolute Gasteiger partial charge is 0.489 e. The van der Waals surface area contributed by atoms with Crippen LogP contribution in [-0.4, -0.2) is 36.7 Å². The average Bonchev–Trinajstić information content (AvgIpc) is 3.04. The lowest BCUT2D eigenvalue weighted by Gasteiger charge is -2.15. The van der Waals surface area contributed by atoms with Gasteiger partial charge in [-0.05, 0) is 37.9 Å². The molecule has 0 bridgehead atoms. The van der Waals surface area contributed by atoms with Gasteiger partial charge in [0.25, 0.3) is 0 Å². The smallest absolute Gasteiger partial charge is 0.152 e. The molecule has 3 nitrogen and oxygen atoms in total. The van der Waals surface area contributed by atoms with Crippen molar-refractivity contribution in [2.45, 2.75) is 6.54 Å². The summed E-state index contributed by atoms with van der Waals surface area (Å²) in [7, 11) is 4.13. The van der Waals surface area contributed by atoms with E-state index in [2.05, 4.69) is 118 Å². The Balaban J connectivity index is 1.89. The van der Waals surface area contributed by atoms with Gasteiger partial charge in [0.15, 0.2) is 5.75 Å². The van der Waals surface area contributed by atoms with Crippen LogP contribution in [0.2, 0.25) is 0 Å². The molecule has 4 rings (SSSR count). The van der Waals surface area contributed by atoms with Crippen LogP contribution < -0.4 is 4.74 Å². The molecule has 3 aromatic carbocycles. The molecule has 0 radical (unpaired) electrons. The summed E-state index contributed by atoms with van der Waals surface area (Å²) >= 11 is 3.71. The van der Waals surface area contributed by atoms with Gasteiger partial charge in [-0.1, -0.05) is 76.6 Å². The normalized spacial score (nSPS) is 11.3. The molecule has 0 aliphatic carbocycles. The molecule has 0 aliphatic heterocycles. The Kier molecular flexibility index (Phi) is 6.02. The molecular formula is C25H25BrN2O. The van der Waals surface area contributed by atoms with Crippen LogP contribution in [0.3, 0.4) is 0 Å². The van der Waals surface area contributed by atoms with Gasteiger partial charge in [-0.15, -0.1) is 0 Å². The molecule has 0 spiro atoms. The van der Waals surface area contributed by atoms with Gasteiger partial charge in [0.2, 0.25) is 0 Å². The summed E-state index contributed by atoms with van der Waals surface area (Å²) in [6, 6.07) is 27.4. The van der Waals surface area contributed by atoms with Crippen molar-refractivity contribution in [3.05, 3.63) is 88.9 Å². The first-order valence-corrected chi connectivity index (χ1v) is 10.6. The summed E-state index contributed by atoms with van der Waals surface area (Å²) in [6.45, 7) is 2.29. The Morgan fingerprint density at radius 3 is 2.31 bits per heavy atom. The van der Waals surface area contributed by atoms with Gasteiger partial charge in [-0.3, -0.25) is 0 Å². The molecule has 0 amide bonds. The fourth-order valence-electron chi connectivity index (χ4n) is 3.59. The third kappa shape index (κ3) is 4.24. The lowest BCUT2D eigenvalue weighted by Crippen LogP contribution is -2.19. The first-order chi connectivity index (χ1) is 14.1. The van der Waals surface area contributed by atoms with E-state index in [1.807, 2.05) is 0 Å². The summed E-state index contributed by atoms with van der Waals surface area (Å²) in [6.07, 6.45) is 0. The SMILES string of the molecule is CN(C)CCOc1c(-c2ccccc2)n(Cc2ccccc2Br)c2ccccc12. The Bertz CT molecular complexity index is 1100. The molecule has 0 fully saturated rings. The minimum atomic E-state index is 0.649. The summed E-state index contributed by atoms with van der Waals surface area (Å²) in [5.74, 6) is 0.959. The Hall–Kier alpha value is -2.56. The number of aromatic nitrogens is 1. The van der Waals surface area contributed by atoms with Crippen LogP contribution in [0.15, 0.2) is 83.3 Å². The minimum absolute atomic E-state index is 0.649. The Morgan fingerprint density at radius 2 is 1.55 bits per heavy atom. The average molecular weight is 449 g/mol. The number of ether oxygens (including phenoxy) is 1. The van der Waals surface area contributed by atoms with Crippen molar-refractivity contribution >= 4 is 26.8 Å². The molecule has 1 heterocycles. The number of likely N-dealkylation sites (N-methyl/N-ethyl adjacent to an activating group) is 1. The van der Waals surface area contributed by atoms with Crippen LogP contribution in [0.1, 0.15) is 5.56 Å². The number of nitrogens with zero attached hydrogens (tertiary/aromatic N) is 2. The number of hydrogen-bond acceptors (Lipinski definition) is 2. The van der Waals surface area contributed by atoms with Crippen LogP contribution in [0.5, 0.6) is 5.75 Å². The van der Waals surface area contributed by atoms with Crippen molar-refractivity contribution < 1.29 is 4.74 Å². The van der Waals surface area contributed by atoms with Crippen molar-refractivity contribution in [3.63, 3.8) is 0 Å². The number of para-hydroxylation sites is 1. The van der Waals surface area contributed by atoms with E-state index in [-0.39, 0.29) is 0 Å². The topological polar surface area (TPSA) is 17.4 Å². The van der Waals surface area contributed by atoms with E-state index >= 15 is 0 Å². The molecule has 0 saturated heterocycles. The van der Waals surface area contributed by atoms with Crippen molar-refractivity contribution in [1.82, 2.24) is 9.47 Å². The molecule has 0 saturated carbocycles. The van der Waals surface area contributed by atoms with E-state index in [1.165, 1.54) is 11.1 Å². The van der Waals surface area contributed by atoms with E-state index in [0.717, 1.165) is 40.0 Å². The van der Waals surface area contributed by atoms with Gasteiger partial charge >= 0.3 is 0 Å². The number of rotatable bonds is 7. The summed E-state index contributed by atoms with van der Waals surface area (Å²) < 4.78 is 9.88. The number of halogens is 1. The van der Waals surface area contributed by atoms with Crippen molar-refractivity contribution in [2.75, 3.05) is 27.2 Å². The highest BCUT2D eigenvalue weighted by molar-refractivity contribution is 9.10. The van der Waals surface area contributed by atoms with E-state index in [9.17, 15) is 0 Å². The van der Waals surface area contributed by atoms with E-state index in [0.29, 0.717) is 6.61 Å². The predicted molar refractivity (Wildman–Crippen MR) is 125 cm³/mol. The maximum absolute atomic E-state index is 6.39. The standard InChI is InChI=1S/C25H25BrN2O/c1-27(2)16-17-29-25-21-13-7-9-15-23(21)28(18-20-12-6-8-14-22(20)26)24(25)19-10-4-3-5-11-19/h3-15H,16-18H2,1-2H3. The third-order valence-electron chi connectivity index (χ3n) is 5.04. The molecule has 1 aromatic heterocycles. The molecule has 4 aromatic rings. The van der Waals surface area contributed by atoms with Crippen molar-refractivity contribution in [3.8, 4) is 17.0 Å². The number of hydrogen-bond donors (Lipinski definition) is 0. The fourth-order valence-corrected chi connectivity index (χ4v) is 4.00. The molecule has 0 unspecified atom stereocenters. The summed E-state index contributed by atoms with van der Waals surface area (Å²) in [4.78, 5) is 2.14. The van der Waals surface area contributed by atoms with Gasteiger partial charge in [-0.25, -0.2) is 0 Å². The van der Waals surface area contributed by atoms with Crippen molar-refractivity contribution in [2.24, 2.45) is 0 Å². The van der Waals surface area contributed by atoms with Crippen LogP contribution in [0, 0.1) is 0 Å². The van der Waals surface area contributed by atoms with Crippen LogP contribution >= 0.6 is 15.9 Å². The number of benzene rings is 3. The van der Waals surface area contributed by atoms with Gasteiger partial charge in [-0.2, -0.15) is 0 Å². The Morgan fingerprint density at radius 1 is 0.862 bits per heavy atom. The van der Waals surface area contributed by atoms with Crippen LogP contribution in [-0.2, 0) is 6.54 Å². The highest BCUT2D eigenvalue weighted by Crippen LogP contribution is 2.41. The second kappa shape index (κ2) is 8.85. The maximum Gasteiger partial charge on any atom is 0.152 e. The summed E-state index contributed by atoms with van der Waals surface area (Å²) in [5.41, 5.74) is 4.71. The molecule has 0 aliphatic rings. The molecule has 4 heteroatoms.